The van der Waals surface area contributed by atoms with Crippen molar-refractivity contribution in [1.82, 2.24) is 5.32 Å². The molecule has 3 aromatic rings. The lowest BCUT2D eigenvalue weighted by molar-refractivity contribution is -0.00000816. The predicted octanol–water partition coefficient (Wildman–Crippen LogP) is 1.03. The number of hydrogen-bond donors (Lipinski definition) is 2. The Kier molecular flexibility index (Phi) is 7.39. The summed E-state index contributed by atoms with van der Waals surface area (Å²) < 4.78 is 19.7. The Morgan fingerprint density at radius 1 is 1.04 bits per heavy atom. The molecule has 3 nitrogen and oxygen atoms in total. The van der Waals surface area contributed by atoms with E-state index in [4.69, 9.17) is 4.74 Å². The largest absolute Gasteiger partial charge is 1.00 e. The molecule has 0 fully saturated rings. The van der Waals surface area contributed by atoms with Gasteiger partial charge in [-0.15, -0.1) is 0 Å². The van der Waals surface area contributed by atoms with Gasteiger partial charge in [-0.25, -0.2) is 4.39 Å². The Morgan fingerprint density at radius 2 is 1.77 bits per heavy atom. The minimum absolute atomic E-state index is 0. The summed E-state index contributed by atoms with van der Waals surface area (Å²) in [6, 6.07) is 18.6. The van der Waals surface area contributed by atoms with Gasteiger partial charge in [-0.1, -0.05) is 48.5 Å². The van der Waals surface area contributed by atoms with Crippen LogP contribution in [0.1, 0.15) is 18.1 Å². The molecular weight excluding hydrogens is 353 g/mol. The Morgan fingerprint density at radius 3 is 2.54 bits per heavy atom. The summed E-state index contributed by atoms with van der Waals surface area (Å²) in [5.41, 5.74) is 1.54. The highest BCUT2D eigenvalue weighted by atomic mass is 35.5. The third-order valence-corrected chi connectivity index (χ3v) is 4.08. The van der Waals surface area contributed by atoms with E-state index in [-0.39, 0.29) is 24.8 Å². The van der Waals surface area contributed by atoms with Crippen molar-refractivity contribution in [2.75, 3.05) is 6.54 Å². The van der Waals surface area contributed by atoms with E-state index in [2.05, 4.69) is 5.32 Å². The molecule has 0 amide bonds. The van der Waals surface area contributed by atoms with Crippen LogP contribution in [0.25, 0.3) is 10.8 Å². The van der Waals surface area contributed by atoms with Crippen molar-refractivity contribution in [1.29, 1.82) is 0 Å². The van der Waals surface area contributed by atoms with Gasteiger partial charge in [0.1, 0.15) is 18.2 Å². The van der Waals surface area contributed by atoms with Crippen LogP contribution in [0.5, 0.6) is 5.75 Å². The molecule has 1 atom stereocenters. The molecule has 3 aromatic carbocycles. The van der Waals surface area contributed by atoms with Crippen LogP contribution in [0.2, 0.25) is 0 Å². The van der Waals surface area contributed by atoms with Crippen LogP contribution >= 0.6 is 0 Å². The minimum atomic E-state index is -0.419. The van der Waals surface area contributed by atoms with Crippen molar-refractivity contribution in [2.45, 2.75) is 26.2 Å². The molecule has 0 aromatic heterocycles. The van der Waals surface area contributed by atoms with Gasteiger partial charge in [-0.3, -0.25) is 0 Å². The first-order valence-electron chi connectivity index (χ1n) is 8.41. The van der Waals surface area contributed by atoms with Crippen LogP contribution < -0.4 is 22.5 Å². The molecule has 0 aliphatic rings. The molecule has 0 bridgehead atoms. The van der Waals surface area contributed by atoms with Crippen molar-refractivity contribution in [3.8, 4) is 5.75 Å². The molecule has 0 aliphatic carbocycles. The number of fused-ring (bicyclic) bond motifs is 1. The Hall–Kier alpha value is -2.14. The van der Waals surface area contributed by atoms with E-state index in [1.54, 1.807) is 25.1 Å². The third-order valence-electron chi connectivity index (χ3n) is 4.08. The van der Waals surface area contributed by atoms with Crippen molar-refractivity contribution >= 4 is 10.8 Å². The summed E-state index contributed by atoms with van der Waals surface area (Å²) in [6.45, 7) is 2.98. The molecular formula is C21H22ClFNO2-. The maximum Gasteiger partial charge on any atom is 0.129 e. The topological polar surface area (TPSA) is 41.5 Å². The second-order valence-corrected chi connectivity index (χ2v) is 6.12. The van der Waals surface area contributed by atoms with Crippen LogP contribution in [-0.4, -0.2) is 17.8 Å². The van der Waals surface area contributed by atoms with Crippen LogP contribution in [-0.2, 0) is 13.2 Å². The quantitative estimate of drug-likeness (QED) is 0.649. The lowest BCUT2D eigenvalue weighted by Crippen LogP contribution is -3.00. The highest BCUT2D eigenvalue weighted by Gasteiger charge is 2.10. The highest BCUT2D eigenvalue weighted by Crippen LogP contribution is 2.29. The average molecular weight is 375 g/mol. The van der Waals surface area contributed by atoms with E-state index >= 15 is 0 Å². The minimum Gasteiger partial charge on any atom is -1.00 e. The fraction of sp³-hybridized carbons (Fsp3) is 0.238. The number of rotatable bonds is 7. The van der Waals surface area contributed by atoms with Crippen LogP contribution in [0, 0.1) is 5.82 Å². The molecule has 2 N–H and O–H groups in total. The zero-order valence-corrected chi connectivity index (χ0v) is 15.3. The molecule has 26 heavy (non-hydrogen) atoms. The summed E-state index contributed by atoms with van der Waals surface area (Å²) in [5.74, 6) is 0.456. The van der Waals surface area contributed by atoms with Gasteiger partial charge in [0.05, 0.1) is 6.10 Å². The lowest BCUT2D eigenvalue weighted by atomic mass is 10.0. The third kappa shape index (κ3) is 4.94. The maximum atomic E-state index is 13.8. The maximum absolute atomic E-state index is 13.8. The number of benzene rings is 3. The molecule has 0 radical (unpaired) electrons. The summed E-state index contributed by atoms with van der Waals surface area (Å²) in [4.78, 5) is 0. The number of aliphatic hydroxyl groups is 1. The number of nitrogens with one attached hydrogen (secondary N) is 1. The van der Waals surface area contributed by atoms with E-state index in [0.29, 0.717) is 18.7 Å². The molecule has 0 saturated carbocycles. The molecule has 0 spiro atoms. The SMILES string of the molecule is CC(O)CNCc1c(OCc2ccccc2F)ccc2ccccc12.[Cl-]. The first kappa shape index (κ1) is 20.2. The zero-order chi connectivity index (χ0) is 17.6. The van der Waals surface area contributed by atoms with Gasteiger partial charge < -0.3 is 27.6 Å². The summed E-state index contributed by atoms with van der Waals surface area (Å²) in [5, 5.41) is 14.9. The monoisotopic (exact) mass is 374 g/mol. The predicted molar refractivity (Wildman–Crippen MR) is 98.1 cm³/mol. The Bertz CT molecular complexity index is 854. The van der Waals surface area contributed by atoms with Gasteiger partial charge in [-0.05, 0) is 29.8 Å². The molecule has 0 aliphatic heterocycles. The smallest absolute Gasteiger partial charge is 0.129 e. The van der Waals surface area contributed by atoms with Gasteiger partial charge in [0.2, 0.25) is 0 Å². The molecule has 138 valence electrons. The first-order chi connectivity index (χ1) is 12.1. The highest BCUT2D eigenvalue weighted by molar-refractivity contribution is 5.87. The van der Waals surface area contributed by atoms with Gasteiger partial charge in [-0.2, -0.15) is 0 Å². The van der Waals surface area contributed by atoms with Gasteiger partial charge >= 0.3 is 0 Å². The van der Waals surface area contributed by atoms with Crippen LogP contribution in [0.15, 0.2) is 60.7 Å². The normalized spacial score (nSPS) is 11.8. The molecule has 5 heteroatoms. The summed E-state index contributed by atoms with van der Waals surface area (Å²) in [7, 11) is 0. The van der Waals surface area contributed by atoms with E-state index < -0.39 is 6.10 Å². The standard InChI is InChI=1S/C21H22FNO2.ClH/c1-15(24)12-23-13-19-18-8-4-2-6-16(18)10-11-21(19)25-14-17-7-3-5-9-20(17)22;/h2-11,15,23-24H,12-14H2,1H3;1H/p-1. The van der Waals surface area contributed by atoms with E-state index in [9.17, 15) is 9.50 Å². The molecule has 1 unspecified atom stereocenters. The van der Waals surface area contributed by atoms with Crippen molar-refractivity contribution in [3.05, 3.63) is 77.6 Å². The lowest BCUT2D eigenvalue weighted by Gasteiger charge is -2.16. The van der Waals surface area contributed by atoms with Gasteiger partial charge in [0.15, 0.2) is 0 Å². The van der Waals surface area contributed by atoms with E-state index in [1.165, 1.54) is 6.07 Å². The fourth-order valence-electron chi connectivity index (χ4n) is 2.81. The summed E-state index contributed by atoms with van der Waals surface area (Å²) in [6.07, 6.45) is -0.419. The Labute approximate surface area is 159 Å². The Balaban J connectivity index is 0.00000243. The van der Waals surface area contributed by atoms with E-state index in [0.717, 1.165) is 22.1 Å². The summed E-state index contributed by atoms with van der Waals surface area (Å²) >= 11 is 0. The van der Waals surface area contributed by atoms with Crippen molar-refractivity contribution in [3.63, 3.8) is 0 Å². The fourth-order valence-corrected chi connectivity index (χ4v) is 2.81. The van der Waals surface area contributed by atoms with E-state index in [1.807, 2.05) is 36.4 Å². The zero-order valence-electron chi connectivity index (χ0n) is 14.6. The number of halogens is 2. The first-order valence-corrected chi connectivity index (χ1v) is 8.41. The van der Waals surface area contributed by atoms with Crippen molar-refractivity contribution < 1.29 is 26.6 Å². The molecule has 0 heterocycles. The van der Waals surface area contributed by atoms with Gasteiger partial charge in [0, 0.05) is 24.2 Å². The van der Waals surface area contributed by atoms with Crippen LogP contribution in [0.4, 0.5) is 4.39 Å². The van der Waals surface area contributed by atoms with Crippen molar-refractivity contribution in [2.24, 2.45) is 0 Å². The van der Waals surface area contributed by atoms with Gasteiger partial charge in [0.25, 0.3) is 0 Å². The van der Waals surface area contributed by atoms with Crippen LogP contribution in [0.3, 0.4) is 0 Å². The molecule has 3 rings (SSSR count). The second-order valence-electron chi connectivity index (χ2n) is 6.12. The number of ether oxygens (including phenoxy) is 1. The number of aliphatic hydroxyl groups excluding tert-OH is 1. The number of hydrogen-bond acceptors (Lipinski definition) is 3. The molecule has 0 saturated heterocycles. The second kappa shape index (κ2) is 9.53. The average Bonchev–Trinajstić information content (AvgIpc) is 2.61.